The molecule has 0 radical (unpaired) electrons. The highest BCUT2D eigenvalue weighted by Crippen LogP contribution is 2.33. The molecule has 5 nitrogen and oxygen atoms in total. The summed E-state index contributed by atoms with van der Waals surface area (Å²) in [6, 6.07) is 4.66. The van der Waals surface area contributed by atoms with Gasteiger partial charge in [0, 0.05) is 28.8 Å². The van der Waals surface area contributed by atoms with Crippen LogP contribution in [0.5, 0.6) is 0 Å². The Labute approximate surface area is 136 Å². The zero-order valence-corrected chi connectivity index (χ0v) is 13.4. The SMILES string of the molecule is COC(=O)c1sc2cccc(F)c2c1CNC(=O)[C@H]1CCCO1. The summed E-state index contributed by atoms with van der Waals surface area (Å²) in [4.78, 5) is 24.3. The van der Waals surface area contributed by atoms with Gasteiger partial charge in [0.2, 0.25) is 5.91 Å². The Bertz CT molecular complexity index is 752. The van der Waals surface area contributed by atoms with Gasteiger partial charge >= 0.3 is 5.97 Å². The largest absolute Gasteiger partial charge is 0.465 e. The fraction of sp³-hybridized carbons (Fsp3) is 0.375. The average Bonchev–Trinajstić information content (AvgIpc) is 3.20. The Morgan fingerprint density at radius 1 is 1.48 bits per heavy atom. The third kappa shape index (κ3) is 3.07. The van der Waals surface area contributed by atoms with Crippen LogP contribution in [-0.4, -0.2) is 31.7 Å². The minimum absolute atomic E-state index is 0.0596. The molecule has 1 fully saturated rings. The number of nitrogens with one attached hydrogen (secondary N) is 1. The van der Waals surface area contributed by atoms with E-state index in [-0.39, 0.29) is 12.5 Å². The minimum atomic E-state index is -0.535. The average molecular weight is 337 g/mol. The topological polar surface area (TPSA) is 64.6 Å². The minimum Gasteiger partial charge on any atom is -0.465 e. The third-order valence-electron chi connectivity index (χ3n) is 3.80. The Morgan fingerprint density at radius 2 is 2.30 bits per heavy atom. The molecular weight excluding hydrogens is 321 g/mol. The molecule has 0 spiro atoms. The van der Waals surface area contributed by atoms with Crippen LogP contribution in [0.1, 0.15) is 28.1 Å². The molecule has 0 saturated carbocycles. The standard InChI is InChI=1S/C16H16FNO4S/c1-21-16(20)14-9(8-18-15(19)11-5-3-7-22-11)13-10(17)4-2-6-12(13)23-14/h2,4,6,11H,3,5,7-8H2,1H3,(H,18,19)/t11-/m1/s1. The second kappa shape index (κ2) is 6.64. The Kier molecular flexibility index (Phi) is 4.58. The van der Waals surface area contributed by atoms with E-state index in [1.54, 1.807) is 12.1 Å². The lowest BCUT2D eigenvalue weighted by atomic mass is 10.1. The molecule has 1 atom stereocenters. The van der Waals surface area contributed by atoms with Gasteiger partial charge in [0.1, 0.15) is 16.8 Å². The highest BCUT2D eigenvalue weighted by Gasteiger charge is 2.25. The van der Waals surface area contributed by atoms with Crippen LogP contribution in [0.15, 0.2) is 18.2 Å². The van der Waals surface area contributed by atoms with E-state index in [0.717, 1.165) is 17.8 Å². The van der Waals surface area contributed by atoms with Crippen molar-refractivity contribution in [2.75, 3.05) is 13.7 Å². The lowest BCUT2D eigenvalue weighted by Crippen LogP contribution is -2.33. The fourth-order valence-electron chi connectivity index (χ4n) is 2.67. The number of rotatable bonds is 4. The molecule has 0 unspecified atom stereocenters. The quantitative estimate of drug-likeness (QED) is 0.871. The number of ether oxygens (including phenoxy) is 2. The zero-order valence-electron chi connectivity index (χ0n) is 12.6. The van der Waals surface area contributed by atoms with Crippen LogP contribution in [-0.2, 0) is 20.8 Å². The zero-order chi connectivity index (χ0) is 16.4. The van der Waals surface area contributed by atoms with Crippen LogP contribution in [0.25, 0.3) is 10.1 Å². The number of fused-ring (bicyclic) bond motifs is 1. The van der Waals surface area contributed by atoms with Gasteiger partial charge in [-0.25, -0.2) is 9.18 Å². The van der Waals surface area contributed by atoms with Crippen LogP contribution in [0.3, 0.4) is 0 Å². The molecule has 1 amide bonds. The summed E-state index contributed by atoms with van der Waals surface area (Å²) in [6.07, 6.45) is 1.06. The highest BCUT2D eigenvalue weighted by atomic mass is 32.1. The third-order valence-corrected chi connectivity index (χ3v) is 4.97. The predicted molar refractivity (Wildman–Crippen MR) is 83.9 cm³/mol. The first-order chi connectivity index (χ1) is 11.1. The van der Waals surface area contributed by atoms with Gasteiger partial charge in [0.05, 0.1) is 7.11 Å². The second-order valence-electron chi connectivity index (χ2n) is 5.23. The summed E-state index contributed by atoms with van der Waals surface area (Å²) in [6.45, 7) is 0.631. The lowest BCUT2D eigenvalue weighted by molar-refractivity contribution is -0.130. The molecule has 7 heteroatoms. The molecule has 1 aromatic carbocycles. The molecule has 2 heterocycles. The lowest BCUT2D eigenvalue weighted by Gasteiger charge is -2.11. The Balaban J connectivity index is 1.91. The molecule has 3 rings (SSSR count). The molecule has 1 aliphatic heterocycles. The van der Waals surface area contributed by atoms with Crippen molar-refractivity contribution < 1.29 is 23.5 Å². The fourth-order valence-corrected chi connectivity index (χ4v) is 3.82. The monoisotopic (exact) mass is 337 g/mol. The summed E-state index contributed by atoms with van der Waals surface area (Å²) in [5.41, 5.74) is 0.446. The normalized spacial score (nSPS) is 17.4. The molecule has 0 aliphatic carbocycles. The van der Waals surface area contributed by atoms with E-state index in [1.165, 1.54) is 13.2 Å². The van der Waals surface area contributed by atoms with Crippen LogP contribution < -0.4 is 5.32 Å². The number of amides is 1. The summed E-state index contributed by atoms with van der Waals surface area (Å²) >= 11 is 1.16. The van der Waals surface area contributed by atoms with E-state index in [1.807, 2.05) is 0 Å². The molecule has 122 valence electrons. The van der Waals surface area contributed by atoms with E-state index in [0.29, 0.717) is 33.6 Å². The van der Waals surface area contributed by atoms with Gasteiger partial charge in [0.25, 0.3) is 0 Å². The number of hydrogen-bond donors (Lipinski definition) is 1. The van der Waals surface area contributed by atoms with Crippen LogP contribution in [0.2, 0.25) is 0 Å². The molecule has 1 aliphatic rings. The van der Waals surface area contributed by atoms with Gasteiger partial charge in [-0.3, -0.25) is 4.79 Å². The number of carbonyl (C=O) groups is 2. The summed E-state index contributed by atoms with van der Waals surface area (Å²) < 4.78 is 24.9. The smallest absolute Gasteiger partial charge is 0.348 e. The number of methoxy groups -OCH3 is 1. The van der Waals surface area contributed by atoms with E-state index in [4.69, 9.17) is 9.47 Å². The van der Waals surface area contributed by atoms with E-state index < -0.39 is 17.9 Å². The summed E-state index contributed by atoms with van der Waals surface area (Å²) in [5, 5.41) is 3.09. The second-order valence-corrected chi connectivity index (χ2v) is 6.29. The van der Waals surface area contributed by atoms with Gasteiger partial charge in [-0.2, -0.15) is 0 Å². The highest BCUT2D eigenvalue weighted by molar-refractivity contribution is 7.21. The van der Waals surface area contributed by atoms with Crippen molar-refractivity contribution in [3.63, 3.8) is 0 Å². The predicted octanol–water partition coefficient (Wildman–Crippen LogP) is 2.62. The van der Waals surface area contributed by atoms with Gasteiger partial charge in [-0.1, -0.05) is 6.07 Å². The maximum atomic E-state index is 14.2. The van der Waals surface area contributed by atoms with Gasteiger partial charge in [0.15, 0.2) is 0 Å². The molecule has 1 N–H and O–H groups in total. The molecule has 1 aromatic heterocycles. The number of halogens is 1. The van der Waals surface area contributed by atoms with Crippen molar-refractivity contribution in [1.29, 1.82) is 0 Å². The van der Waals surface area contributed by atoms with Crippen molar-refractivity contribution in [3.05, 3.63) is 34.5 Å². The first-order valence-corrected chi connectivity index (χ1v) is 8.11. The first-order valence-electron chi connectivity index (χ1n) is 7.29. The van der Waals surface area contributed by atoms with E-state index in [2.05, 4.69) is 5.32 Å². The van der Waals surface area contributed by atoms with E-state index >= 15 is 0 Å². The van der Waals surface area contributed by atoms with Crippen LogP contribution in [0.4, 0.5) is 4.39 Å². The maximum absolute atomic E-state index is 14.2. The summed E-state index contributed by atoms with van der Waals surface area (Å²) in [5.74, 6) is -1.20. The van der Waals surface area contributed by atoms with Crippen molar-refractivity contribution in [2.45, 2.75) is 25.5 Å². The van der Waals surface area contributed by atoms with E-state index in [9.17, 15) is 14.0 Å². The molecule has 1 saturated heterocycles. The number of esters is 1. The molecule has 23 heavy (non-hydrogen) atoms. The molecule has 2 aromatic rings. The molecular formula is C16H16FNO4S. The van der Waals surface area contributed by atoms with Gasteiger partial charge < -0.3 is 14.8 Å². The maximum Gasteiger partial charge on any atom is 0.348 e. The Morgan fingerprint density at radius 3 is 3.00 bits per heavy atom. The number of hydrogen-bond acceptors (Lipinski definition) is 5. The van der Waals surface area contributed by atoms with Gasteiger partial charge in [-0.15, -0.1) is 11.3 Å². The van der Waals surface area contributed by atoms with Crippen molar-refractivity contribution in [2.24, 2.45) is 0 Å². The molecule has 0 bridgehead atoms. The van der Waals surface area contributed by atoms with Crippen LogP contribution in [0, 0.1) is 5.82 Å². The number of benzene rings is 1. The summed E-state index contributed by atoms with van der Waals surface area (Å²) in [7, 11) is 1.28. The van der Waals surface area contributed by atoms with Crippen molar-refractivity contribution in [1.82, 2.24) is 5.32 Å². The van der Waals surface area contributed by atoms with Crippen molar-refractivity contribution >= 4 is 33.3 Å². The number of thiophene rings is 1. The van der Waals surface area contributed by atoms with Crippen LogP contribution >= 0.6 is 11.3 Å². The van der Waals surface area contributed by atoms with Crippen molar-refractivity contribution in [3.8, 4) is 0 Å². The van der Waals surface area contributed by atoms with Gasteiger partial charge in [-0.05, 0) is 25.0 Å². The first kappa shape index (κ1) is 15.9. The number of carbonyl (C=O) groups excluding carboxylic acids is 2. The Hall–Kier alpha value is -1.99.